The van der Waals surface area contributed by atoms with Gasteiger partial charge in [0.05, 0.1) is 18.4 Å². The monoisotopic (exact) mass is 348 g/mol. The topological polar surface area (TPSA) is 68.7 Å². The molecule has 0 aliphatic carbocycles. The maximum Gasteiger partial charge on any atom is 0.416 e. The molecule has 0 radical (unpaired) electrons. The second-order valence-corrected chi connectivity index (χ2v) is 6.96. The van der Waals surface area contributed by atoms with Gasteiger partial charge in [-0.2, -0.15) is 0 Å². The van der Waals surface area contributed by atoms with E-state index in [9.17, 15) is 9.59 Å². The molecule has 0 aliphatic heterocycles. The van der Waals surface area contributed by atoms with Crippen molar-refractivity contribution in [2.75, 3.05) is 19.1 Å². The van der Waals surface area contributed by atoms with Crippen LogP contribution in [0.5, 0.6) is 0 Å². The summed E-state index contributed by atoms with van der Waals surface area (Å²) in [4.78, 5) is 29.5. The normalized spacial score (nSPS) is 11.0. The van der Waals surface area contributed by atoms with E-state index in [-0.39, 0.29) is 0 Å². The van der Waals surface area contributed by atoms with Crippen molar-refractivity contribution in [3.8, 4) is 11.3 Å². The van der Waals surface area contributed by atoms with Crippen LogP contribution in [0.2, 0.25) is 0 Å². The van der Waals surface area contributed by atoms with Crippen LogP contribution in [-0.2, 0) is 9.47 Å². The Bertz CT molecular complexity index is 749. The first-order valence-electron chi connectivity index (χ1n) is 7.32. The molecule has 24 heavy (non-hydrogen) atoms. The maximum absolute atomic E-state index is 12.1. The van der Waals surface area contributed by atoms with E-state index in [2.05, 4.69) is 4.98 Å². The average Bonchev–Trinajstić information content (AvgIpc) is 3.01. The number of methoxy groups -OCH3 is 1. The number of benzene rings is 1. The smallest absolute Gasteiger partial charge is 0.416 e. The minimum absolute atomic E-state index is 0.404. The van der Waals surface area contributed by atoms with Gasteiger partial charge in [0, 0.05) is 18.0 Å². The minimum atomic E-state index is -0.569. The van der Waals surface area contributed by atoms with Crippen LogP contribution in [0, 0.1) is 0 Å². The Morgan fingerprint density at radius 3 is 2.58 bits per heavy atom. The first-order chi connectivity index (χ1) is 11.2. The summed E-state index contributed by atoms with van der Waals surface area (Å²) in [6.45, 7) is 5.43. The Balaban J connectivity index is 2.22. The van der Waals surface area contributed by atoms with Gasteiger partial charge >= 0.3 is 12.1 Å². The molecule has 128 valence electrons. The van der Waals surface area contributed by atoms with Gasteiger partial charge in [-0.3, -0.25) is 4.90 Å². The summed E-state index contributed by atoms with van der Waals surface area (Å²) in [5, 5.41) is 2.34. The number of carbonyl (C=O) groups is 2. The predicted molar refractivity (Wildman–Crippen MR) is 93.5 cm³/mol. The highest BCUT2D eigenvalue weighted by atomic mass is 32.1. The number of amides is 1. The fraction of sp³-hybridized carbons (Fsp3) is 0.353. The minimum Gasteiger partial charge on any atom is -0.465 e. The molecule has 2 aromatic rings. The molecule has 0 spiro atoms. The number of carbonyl (C=O) groups excluding carboxylic acids is 2. The molecule has 0 atom stereocenters. The van der Waals surface area contributed by atoms with Gasteiger partial charge in [0.1, 0.15) is 5.60 Å². The predicted octanol–water partition coefficient (Wildman–Crippen LogP) is 3.97. The number of rotatable bonds is 3. The molecule has 0 unspecified atom stereocenters. The van der Waals surface area contributed by atoms with Crippen LogP contribution < -0.4 is 4.90 Å². The molecule has 0 saturated heterocycles. The van der Waals surface area contributed by atoms with Crippen LogP contribution in [0.1, 0.15) is 31.1 Å². The van der Waals surface area contributed by atoms with Gasteiger partial charge in [-0.1, -0.05) is 12.1 Å². The molecule has 1 amide bonds. The molecular weight excluding hydrogens is 328 g/mol. The van der Waals surface area contributed by atoms with Gasteiger partial charge in [0.2, 0.25) is 0 Å². The lowest BCUT2D eigenvalue weighted by molar-refractivity contribution is 0.0584. The molecule has 0 fully saturated rings. The van der Waals surface area contributed by atoms with E-state index in [4.69, 9.17) is 9.47 Å². The molecule has 0 saturated carbocycles. The van der Waals surface area contributed by atoms with E-state index in [0.29, 0.717) is 16.4 Å². The number of thiazole rings is 1. The molecule has 0 N–H and O–H groups in total. The number of nitrogens with zero attached hydrogens (tertiary/aromatic N) is 2. The molecule has 2 rings (SSSR count). The Labute approximate surface area is 145 Å². The summed E-state index contributed by atoms with van der Waals surface area (Å²) in [7, 11) is 2.95. The quantitative estimate of drug-likeness (QED) is 0.785. The highest BCUT2D eigenvalue weighted by Crippen LogP contribution is 2.28. The highest BCUT2D eigenvalue weighted by Gasteiger charge is 2.22. The van der Waals surface area contributed by atoms with Crippen LogP contribution in [0.3, 0.4) is 0 Å². The van der Waals surface area contributed by atoms with Crippen molar-refractivity contribution in [3.63, 3.8) is 0 Å². The van der Waals surface area contributed by atoms with Crippen molar-refractivity contribution in [2.24, 2.45) is 0 Å². The van der Waals surface area contributed by atoms with Crippen LogP contribution in [0.4, 0.5) is 9.93 Å². The first kappa shape index (κ1) is 17.9. The molecule has 1 aromatic carbocycles. The molecule has 1 heterocycles. The molecular formula is C17H20N2O4S. The Morgan fingerprint density at radius 2 is 1.96 bits per heavy atom. The van der Waals surface area contributed by atoms with Gasteiger partial charge in [-0.15, -0.1) is 11.3 Å². The van der Waals surface area contributed by atoms with Crippen LogP contribution in [0.25, 0.3) is 11.3 Å². The average molecular weight is 348 g/mol. The lowest BCUT2D eigenvalue weighted by Crippen LogP contribution is -2.34. The Kier molecular flexibility index (Phi) is 5.23. The van der Waals surface area contributed by atoms with E-state index in [1.165, 1.54) is 23.3 Å². The van der Waals surface area contributed by atoms with Gasteiger partial charge in [0.15, 0.2) is 5.13 Å². The fourth-order valence-corrected chi connectivity index (χ4v) is 2.67. The third-order valence-corrected chi connectivity index (χ3v) is 3.94. The first-order valence-corrected chi connectivity index (χ1v) is 8.20. The van der Waals surface area contributed by atoms with Gasteiger partial charge in [-0.25, -0.2) is 14.6 Å². The fourth-order valence-electron chi connectivity index (χ4n) is 1.88. The number of hydrogen-bond acceptors (Lipinski definition) is 6. The lowest BCUT2D eigenvalue weighted by atomic mass is 10.1. The van der Waals surface area contributed by atoms with Crippen molar-refractivity contribution in [3.05, 3.63) is 35.2 Å². The number of hydrogen-bond donors (Lipinski definition) is 0. The number of esters is 1. The van der Waals surface area contributed by atoms with E-state index in [1.54, 1.807) is 25.2 Å². The SMILES string of the molecule is COC(=O)c1cccc(-c2csc(N(C)C(=O)OC(C)(C)C)n2)c1. The molecule has 1 aromatic heterocycles. The third-order valence-electron chi connectivity index (χ3n) is 3.03. The highest BCUT2D eigenvalue weighted by molar-refractivity contribution is 7.14. The van der Waals surface area contributed by atoms with Crippen molar-refractivity contribution in [1.29, 1.82) is 0 Å². The number of anilines is 1. The van der Waals surface area contributed by atoms with Crippen molar-refractivity contribution in [1.82, 2.24) is 4.98 Å². The van der Waals surface area contributed by atoms with E-state index < -0.39 is 17.7 Å². The summed E-state index contributed by atoms with van der Waals surface area (Å²) in [5.41, 5.74) is 1.33. The lowest BCUT2D eigenvalue weighted by Gasteiger charge is -2.23. The zero-order valence-corrected chi connectivity index (χ0v) is 15.1. The summed E-state index contributed by atoms with van der Waals surface area (Å²) in [5.74, 6) is -0.404. The van der Waals surface area contributed by atoms with Gasteiger partial charge in [-0.05, 0) is 32.9 Å². The van der Waals surface area contributed by atoms with Gasteiger partial charge < -0.3 is 9.47 Å². The van der Waals surface area contributed by atoms with Crippen molar-refractivity contribution >= 4 is 28.5 Å². The second-order valence-electron chi connectivity index (χ2n) is 6.13. The van der Waals surface area contributed by atoms with Crippen molar-refractivity contribution < 1.29 is 19.1 Å². The summed E-state index contributed by atoms with van der Waals surface area (Å²) in [6.07, 6.45) is -0.466. The van der Waals surface area contributed by atoms with Crippen LogP contribution in [0.15, 0.2) is 29.6 Å². The zero-order chi connectivity index (χ0) is 17.9. The second kappa shape index (κ2) is 7.00. The van der Waals surface area contributed by atoms with Crippen LogP contribution in [-0.4, -0.2) is 36.8 Å². The maximum atomic E-state index is 12.1. The Hall–Kier alpha value is -2.41. The summed E-state index contributed by atoms with van der Waals surface area (Å²) in [6, 6.07) is 6.99. The molecule has 7 heteroatoms. The molecule has 0 aliphatic rings. The molecule has 6 nitrogen and oxygen atoms in total. The van der Waals surface area contributed by atoms with Crippen molar-refractivity contribution in [2.45, 2.75) is 26.4 Å². The zero-order valence-electron chi connectivity index (χ0n) is 14.3. The van der Waals surface area contributed by atoms with E-state index >= 15 is 0 Å². The number of aromatic nitrogens is 1. The summed E-state index contributed by atoms with van der Waals surface area (Å²) >= 11 is 1.32. The molecule has 0 bridgehead atoms. The largest absolute Gasteiger partial charge is 0.465 e. The summed E-state index contributed by atoms with van der Waals surface area (Å²) < 4.78 is 10.0. The third kappa shape index (κ3) is 4.32. The van der Waals surface area contributed by atoms with Crippen LogP contribution >= 0.6 is 11.3 Å². The van der Waals surface area contributed by atoms with E-state index in [0.717, 1.165) is 5.56 Å². The number of ether oxygens (including phenoxy) is 2. The standard InChI is InChI=1S/C17H20N2O4S/c1-17(2,3)23-16(21)19(4)15-18-13(10-24-15)11-7-6-8-12(9-11)14(20)22-5/h6-10H,1-5H3. The van der Waals surface area contributed by atoms with Gasteiger partial charge in [0.25, 0.3) is 0 Å². The Morgan fingerprint density at radius 1 is 1.25 bits per heavy atom. The van der Waals surface area contributed by atoms with E-state index in [1.807, 2.05) is 32.2 Å².